The molecule has 2 aliphatic rings. The summed E-state index contributed by atoms with van der Waals surface area (Å²) in [7, 11) is 0. The molecule has 4 amide bonds. The molecule has 3 N–H and O–H groups in total. The van der Waals surface area contributed by atoms with Gasteiger partial charge in [0.05, 0.1) is 16.8 Å². The van der Waals surface area contributed by atoms with Crippen LogP contribution in [0.15, 0.2) is 54.8 Å². The molecular weight excluding hydrogens is 440 g/mol. The zero-order valence-electron chi connectivity index (χ0n) is 18.1. The highest BCUT2D eigenvalue weighted by molar-refractivity contribution is 7.21. The van der Waals surface area contributed by atoms with Gasteiger partial charge in [-0.05, 0) is 44.4 Å². The Bertz CT molecular complexity index is 1210. The number of allylic oxidation sites excluding steroid dienone is 1. The number of rotatable bonds is 6. The molecule has 2 aromatic rings. The molecule has 0 spiro atoms. The highest BCUT2D eigenvalue weighted by atomic mass is 32.1. The zero-order valence-corrected chi connectivity index (χ0v) is 18.9. The molecule has 2 aromatic heterocycles. The van der Waals surface area contributed by atoms with Crippen molar-refractivity contribution in [3.63, 3.8) is 0 Å². The van der Waals surface area contributed by atoms with Crippen LogP contribution >= 0.6 is 11.3 Å². The lowest BCUT2D eigenvalue weighted by molar-refractivity contribution is -0.117. The van der Waals surface area contributed by atoms with Gasteiger partial charge in [0.1, 0.15) is 15.5 Å². The molecule has 33 heavy (non-hydrogen) atoms. The van der Waals surface area contributed by atoms with Gasteiger partial charge in [0.25, 0.3) is 5.91 Å². The van der Waals surface area contributed by atoms with Crippen molar-refractivity contribution in [1.82, 2.24) is 15.6 Å². The maximum absolute atomic E-state index is 13.2. The molecule has 10 heteroatoms. The fourth-order valence-electron chi connectivity index (χ4n) is 4.11. The highest BCUT2D eigenvalue weighted by Crippen LogP contribution is 2.43. The van der Waals surface area contributed by atoms with Crippen molar-refractivity contribution in [1.29, 1.82) is 0 Å². The Morgan fingerprint density at radius 3 is 2.73 bits per heavy atom. The average molecular weight is 465 g/mol. The monoisotopic (exact) mass is 464 g/mol. The summed E-state index contributed by atoms with van der Waals surface area (Å²) in [5.41, 5.74) is 1.00. The highest BCUT2D eigenvalue weighted by Gasteiger charge is 2.35. The van der Waals surface area contributed by atoms with E-state index in [1.165, 1.54) is 28.4 Å². The van der Waals surface area contributed by atoms with Gasteiger partial charge < -0.3 is 16.0 Å². The number of pyridine rings is 1. The van der Waals surface area contributed by atoms with E-state index in [1.54, 1.807) is 24.5 Å². The van der Waals surface area contributed by atoms with E-state index in [-0.39, 0.29) is 23.9 Å². The number of urea groups is 1. The van der Waals surface area contributed by atoms with Gasteiger partial charge in [0.15, 0.2) is 0 Å². The summed E-state index contributed by atoms with van der Waals surface area (Å²) in [6.45, 7) is 9.07. The largest absolute Gasteiger partial charge is 0.348 e. The predicted octanol–water partition coefficient (Wildman–Crippen LogP) is 3.72. The van der Waals surface area contributed by atoms with E-state index in [9.17, 15) is 14.4 Å². The number of nitrogens with zero attached hydrogens (tertiary/aromatic N) is 3. The van der Waals surface area contributed by atoms with Crippen molar-refractivity contribution in [2.75, 3.05) is 10.2 Å². The van der Waals surface area contributed by atoms with Crippen LogP contribution in [0.1, 0.15) is 35.9 Å². The first-order valence-corrected chi connectivity index (χ1v) is 11.4. The lowest BCUT2D eigenvalue weighted by Gasteiger charge is -2.28. The van der Waals surface area contributed by atoms with Gasteiger partial charge in [0, 0.05) is 24.5 Å². The van der Waals surface area contributed by atoms with Crippen LogP contribution in [-0.4, -0.2) is 40.7 Å². The standard InChI is InChI=1S/C23H24N6O3S/c1-4-11-24-16(5-2)29-15-10-12-25-22-18(15)19(28-23(29)32)20(33-22)21(31)27-14-9-7-8-13(14)26-17(30)6-3/h4-6,10-14H,2-3,7-9H2,1H3,(H,26,30)(H,27,31)(H,28,32)/b11-4-,24-16+. The van der Waals surface area contributed by atoms with Crippen LogP contribution in [-0.2, 0) is 4.79 Å². The summed E-state index contributed by atoms with van der Waals surface area (Å²) in [4.78, 5) is 49.1. The molecule has 9 nitrogen and oxygen atoms in total. The fraction of sp³-hybridized carbons (Fsp3) is 0.261. The van der Waals surface area contributed by atoms with Crippen molar-refractivity contribution >= 4 is 56.6 Å². The Balaban J connectivity index is 1.68. The van der Waals surface area contributed by atoms with Crippen molar-refractivity contribution < 1.29 is 14.4 Å². The maximum Gasteiger partial charge on any atom is 0.332 e. The SMILES string of the molecule is C=CC(=O)NC1CCCC1NC(=O)c1sc2nccc3c2c1NC(=O)N3/C(C=C)=N/C=C\C. The normalized spacial score (nSPS) is 20.1. The van der Waals surface area contributed by atoms with Crippen LogP contribution in [0, 0.1) is 0 Å². The summed E-state index contributed by atoms with van der Waals surface area (Å²) in [5, 5.41) is 9.40. The Labute approximate surface area is 195 Å². The van der Waals surface area contributed by atoms with Crippen molar-refractivity contribution in [3.05, 3.63) is 54.7 Å². The molecule has 2 atom stereocenters. The minimum atomic E-state index is -0.442. The van der Waals surface area contributed by atoms with Gasteiger partial charge in [0.2, 0.25) is 5.91 Å². The zero-order chi connectivity index (χ0) is 23.5. The van der Waals surface area contributed by atoms with Gasteiger partial charge in [-0.2, -0.15) is 0 Å². The molecule has 1 aliphatic heterocycles. The van der Waals surface area contributed by atoms with E-state index in [0.717, 1.165) is 19.3 Å². The second-order valence-corrected chi connectivity index (χ2v) is 8.58. The minimum Gasteiger partial charge on any atom is -0.348 e. The lowest BCUT2D eigenvalue weighted by Crippen LogP contribution is -2.48. The maximum atomic E-state index is 13.2. The number of amides is 4. The second kappa shape index (κ2) is 9.37. The van der Waals surface area contributed by atoms with Crippen LogP contribution in [0.4, 0.5) is 16.2 Å². The Kier molecular flexibility index (Phi) is 6.36. The topological polar surface area (TPSA) is 116 Å². The number of hydrogen-bond donors (Lipinski definition) is 3. The lowest BCUT2D eigenvalue weighted by atomic mass is 10.1. The molecule has 0 radical (unpaired) electrons. The van der Waals surface area contributed by atoms with Gasteiger partial charge >= 0.3 is 6.03 Å². The van der Waals surface area contributed by atoms with Crippen LogP contribution in [0.25, 0.3) is 10.2 Å². The van der Waals surface area contributed by atoms with Crippen LogP contribution in [0.3, 0.4) is 0 Å². The van der Waals surface area contributed by atoms with E-state index < -0.39 is 6.03 Å². The number of aliphatic imine (C=N–C) groups is 1. The van der Waals surface area contributed by atoms with Crippen LogP contribution < -0.4 is 20.9 Å². The van der Waals surface area contributed by atoms with Crippen molar-refractivity contribution in [2.24, 2.45) is 4.99 Å². The second-order valence-electron chi connectivity index (χ2n) is 7.59. The molecule has 0 saturated heterocycles. The number of amidine groups is 1. The molecular formula is C23H24N6O3S. The Morgan fingerprint density at radius 1 is 1.27 bits per heavy atom. The molecule has 1 saturated carbocycles. The minimum absolute atomic E-state index is 0.165. The van der Waals surface area contributed by atoms with Gasteiger partial charge in [-0.15, -0.1) is 11.3 Å². The molecule has 1 fully saturated rings. The number of nitrogens with one attached hydrogen (secondary N) is 3. The van der Waals surface area contributed by atoms with E-state index in [2.05, 4.69) is 39.1 Å². The summed E-state index contributed by atoms with van der Waals surface area (Å²) in [6.07, 6.45) is 10.1. The first-order chi connectivity index (χ1) is 16.0. The summed E-state index contributed by atoms with van der Waals surface area (Å²) < 4.78 is 0. The Morgan fingerprint density at radius 2 is 2.03 bits per heavy atom. The van der Waals surface area contributed by atoms with Crippen molar-refractivity contribution in [2.45, 2.75) is 38.3 Å². The fourth-order valence-corrected chi connectivity index (χ4v) is 5.13. The molecule has 3 heterocycles. The summed E-state index contributed by atoms with van der Waals surface area (Å²) in [5.74, 6) is -0.228. The molecule has 1 aliphatic carbocycles. The molecule has 0 aromatic carbocycles. The predicted molar refractivity (Wildman–Crippen MR) is 131 cm³/mol. The number of aromatic nitrogens is 1. The van der Waals surface area contributed by atoms with Crippen LogP contribution in [0.2, 0.25) is 0 Å². The van der Waals surface area contributed by atoms with E-state index in [1.807, 2.05) is 6.92 Å². The van der Waals surface area contributed by atoms with Gasteiger partial charge in [-0.1, -0.05) is 19.2 Å². The Hall–Kier alpha value is -3.79. The average Bonchev–Trinajstić information content (AvgIpc) is 3.40. The summed E-state index contributed by atoms with van der Waals surface area (Å²) in [6, 6.07) is 0.901. The van der Waals surface area contributed by atoms with E-state index in [0.29, 0.717) is 32.3 Å². The first-order valence-electron chi connectivity index (χ1n) is 10.6. The first kappa shape index (κ1) is 22.4. The number of carbonyl (C=O) groups is 3. The number of thiophene rings is 1. The smallest absolute Gasteiger partial charge is 0.332 e. The van der Waals surface area contributed by atoms with Gasteiger partial charge in [-0.25, -0.2) is 19.7 Å². The van der Waals surface area contributed by atoms with E-state index in [4.69, 9.17) is 0 Å². The number of carbonyl (C=O) groups excluding carboxylic acids is 3. The van der Waals surface area contributed by atoms with Crippen molar-refractivity contribution in [3.8, 4) is 0 Å². The third-order valence-electron chi connectivity index (χ3n) is 5.57. The number of anilines is 2. The number of hydrogen-bond acceptors (Lipinski definition) is 6. The molecule has 0 bridgehead atoms. The quantitative estimate of drug-likeness (QED) is 0.343. The molecule has 170 valence electrons. The molecule has 2 unspecified atom stereocenters. The van der Waals surface area contributed by atoms with Gasteiger partial charge in [-0.3, -0.25) is 9.59 Å². The molecule has 4 rings (SSSR count). The third kappa shape index (κ3) is 4.17. The third-order valence-corrected chi connectivity index (χ3v) is 6.66. The summed E-state index contributed by atoms with van der Waals surface area (Å²) >= 11 is 1.21. The van der Waals surface area contributed by atoms with E-state index >= 15 is 0 Å². The van der Waals surface area contributed by atoms with Crippen LogP contribution in [0.5, 0.6) is 0 Å².